The molecular weight excluding hydrogens is 478 g/mol. The number of piperidine rings is 1. The van der Waals surface area contributed by atoms with E-state index >= 15 is 0 Å². The number of para-hydroxylation sites is 1. The number of hydrogen-bond acceptors (Lipinski definition) is 4. The quantitative estimate of drug-likeness (QED) is 0.498. The van der Waals surface area contributed by atoms with Gasteiger partial charge in [-0.1, -0.05) is 12.1 Å². The van der Waals surface area contributed by atoms with Crippen LogP contribution in [0.5, 0.6) is 5.75 Å². The van der Waals surface area contributed by atoms with Gasteiger partial charge in [0.2, 0.25) is 5.91 Å². The summed E-state index contributed by atoms with van der Waals surface area (Å²) >= 11 is 0. The van der Waals surface area contributed by atoms with Gasteiger partial charge in [-0.3, -0.25) is 14.4 Å². The van der Waals surface area contributed by atoms with E-state index in [1.807, 2.05) is 75.3 Å². The minimum absolute atomic E-state index is 0.0649. The highest BCUT2D eigenvalue weighted by Gasteiger charge is 2.43. The first-order valence-corrected chi connectivity index (χ1v) is 13.5. The number of carbonyl (C=O) groups excluding carboxylic acids is 3. The fourth-order valence-electron chi connectivity index (χ4n) is 6.51. The van der Waals surface area contributed by atoms with E-state index in [0.717, 1.165) is 49.2 Å². The molecule has 2 aliphatic heterocycles. The monoisotopic (exact) mass is 511 g/mol. The number of nitrogens with zero attached hydrogens (tertiary/aromatic N) is 3. The highest BCUT2D eigenvalue weighted by atomic mass is 16.5. The molecule has 0 N–H and O–H groups in total. The Morgan fingerprint density at radius 1 is 0.947 bits per heavy atom. The number of carbonyl (C=O) groups is 3. The summed E-state index contributed by atoms with van der Waals surface area (Å²) in [4.78, 5) is 43.2. The second-order valence-electron chi connectivity index (χ2n) is 10.9. The number of methoxy groups -OCH3 is 1. The predicted octanol–water partition coefficient (Wildman–Crippen LogP) is 4.70. The lowest BCUT2D eigenvalue weighted by molar-refractivity contribution is -0.131. The van der Waals surface area contributed by atoms with Gasteiger partial charge < -0.3 is 19.1 Å². The Morgan fingerprint density at radius 3 is 2.39 bits per heavy atom. The minimum atomic E-state index is -0.0866. The van der Waals surface area contributed by atoms with Crippen molar-refractivity contribution >= 4 is 17.6 Å². The molecule has 7 heteroatoms. The Bertz CT molecular complexity index is 1370. The van der Waals surface area contributed by atoms with Crippen molar-refractivity contribution in [3.63, 3.8) is 0 Å². The van der Waals surface area contributed by atoms with E-state index in [2.05, 4.69) is 0 Å². The number of benzene rings is 2. The van der Waals surface area contributed by atoms with Crippen molar-refractivity contribution in [3.05, 3.63) is 83.7 Å². The minimum Gasteiger partial charge on any atom is -0.497 e. The number of ketones is 1. The molecule has 1 aliphatic carbocycles. The van der Waals surface area contributed by atoms with Crippen molar-refractivity contribution in [1.29, 1.82) is 0 Å². The van der Waals surface area contributed by atoms with Gasteiger partial charge in [0.25, 0.3) is 5.91 Å². The van der Waals surface area contributed by atoms with Crippen LogP contribution in [0.3, 0.4) is 0 Å². The zero-order valence-electron chi connectivity index (χ0n) is 21.8. The van der Waals surface area contributed by atoms with E-state index in [4.69, 9.17) is 4.74 Å². The average molecular weight is 512 g/mol. The van der Waals surface area contributed by atoms with Gasteiger partial charge >= 0.3 is 0 Å². The van der Waals surface area contributed by atoms with Crippen LogP contribution in [0.25, 0.3) is 5.69 Å². The third kappa shape index (κ3) is 4.40. The normalized spacial score (nSPS) is 20.1. The molecule has 2 aromatic carbocycles. The molecule has 3 aliphatic rings. The molecule has 2 saturated heterocycles. The Hall–Kier alpha value is -3.87. The summed E-state index contributed by atoms with van der Waals surface area (Å²) in [5, 5.41) is 0. The molecule has 1 unspecified atom stereocenters. The fraction of sp³-hybridized carbons (Fsp3) is 0.387. The number of rotatable bonds is 5. The lowest BCUT2D eigenvalue weighted by Gasteiger charge is -2.39. The lowest BCUT2D eigenvalue weighted by Crippen LogP contribution is -2.45. The molecule has 7 nitrogen and oxygen atoms in total. The van der Waals surface area contributed by atoms with Crippen LogP contribution in [-0.2, 0) is 4.79 Å². The van der Waals surface area contributed by atoms with Crippen molar-refractivity contribution in [2.24, 2.45) is 5.41 Å². The van der Waals surface area contributed by atoms with Crippen LogP contribution in [0, 0.1) is 5.41 Å². The van der Waals surface area contributed by atoms with Crippen molar-refractivity contribution in [3.8, 4) is 11.4 Å². The van der Waals surface area contributed by atoms with Gasteiger partial charge in [0.1, 0.15) is 5.75 Å². The standard InChI is InChI=1S/C31H33N3O4/c1-38-23-8-9-24-26(20-23)22(18-28(24)35)19-29(36)34-17-12-31(21-34)10-15-33(16-11-31)30(37)25-6-2-3-7-27(25)32-13-4-5-14-32/h2-9,13-14,20,22H,10-12,15-19,21H2,1H3. The molecule has 1 atom stereocenters. The molecule has 2 fully saturated rings. The summed E-state index contributed by atoms with van der Waals surface area (Å²) in [5.41, 5.74) is 3.33. The van der Waals surface area contributed by atoms with Gasteiger partial charge in [-0.2, -0.15) is 0 Å². The van der Waals surface area contributed by atoms with Crippen LogP contribution in [0.1, 0.15) is 64.3 Å². The van der Waals surface area contributed by atoms with E-state index in [1.54, 1.807) is 13.2 Å². The third-order valence-electron chi connectivity index (χ3n) is 8.77. The van der Waals surface area contributed by atoms with E-state index in [9.17, 15) is 14.4 Å². The predicted molar refractivity (Wildman–Crippen MR) is 144 cm³/mol. The van der Waals surface area contributed by atoms with Gasteiger partial charge in [0.15, 0.2) is 5.78 Å². The van der Waals surface area contributed by atoms with Crippen molar-refractivity contribution in [2.75, 3.05) is 33.3 Å². The van der Waals surface area contributed by atoms with Crippen molar-refractivity contribution in [2.45, 2.75) is 38.0 Å². The van der Waals surface area contributed by atoms with Gasteiger partial charge in [-0.05, 0) is 72.7 Å². The highest BCUT2D eigenvalue weighted by Crippen LogP contribution is 2.43. The van der Waals surface area contributed by atoms with Crippen LogP contribution >= 0.6 is 0 Å². The SMILES string of the molecule is COc1ccc2c(c1)C(CC(=O)N1CCC3(CCN(C(=O)c4ccccc4-n4cccc4)CC3)C1)CC2=O. The number of likely N-dealkylation sites (tertiary alicyclic amines) is 2. The summed E-state index contributed by atoms with van der Waals surface area (Å²) in [6, 6.07) is 17.2. The summed E-state index contributed by atoms with van der Waals surface area (Å²) in [5.74, 6) is 0.920. The first kappa shape index (κ1) is 24.5. The summed E-state index contributed by atoms with van der Waals surface area (Å²) in [6.07, 6.45) is 7.41. The Morgan fingerprint density at radius 2 is 1.66 bits per heavy atom. The van der Waals surface area contributed by atoms with E-state index in [-0.39, 0.29) is 28.9 Å². The maximum absolute atomic E-state index is 13.5. The summed E-state index contributed by atoms with van der Waals surface area (Å²) < 4.78 is 7.32. The summed E-state index contributed by atoms with van der Waals surface area (Å²) in [6.45, 7) is 2.88. The molecule has 3 aromatic rings. The van der Waals surface area contributed by atoms with E-state index in [1.165, 1.54) is 0 Å². The molecule has 1 spiro atoms. The first-order valence-electron chi connectivity index (χ1n) is 13.5. The number of Topliss-reactive ketones (excluding diaryl/α,β-unsaturated/α-hetero) is 1. The molecule has 38 heavy (non-hydrogen) atoms. The largest absolute Gasteiger partial charge is 0.497 e. The molecule has 0 radical (unpaired) electrons. The molecule has 196 valence electrons. The first-order chi connectivity index (χ1) is 18.5. The second kappa shape index (κ2) is 9.78. The van der Waals surface area contributed by atoms with Crippen LogP contribution in [0.4, 0.5) is 0 Å². The second-order valence-corrected chi connectivity index (χ2v) is 10.9. The molecule has 2 amide bonds. The van der Waals surface area contributed by atoms with Gasteiger partial charge in [-0.25, -0.2) is 0 Å². The molecule has 1 aromatic heterocycles. The van der Waals surface area contributed by atoms with Gasteiger partial charge in [0.05, 0.1) is 18.4 Å². The number of aromatic nitrogens is 1. The Kier molecular flexibility index (Phi) is 6.30. The number of amides is 2. The van der Waals surface area contributed by atoms with Crippen LogP contribution < -0.4 is 4.74 Å². The zero-order chi connectivity index (χ0) is 26.3. The Labute approximate surface area is 223 Å². The average Bonchev–Trinajstić information content (AvgIpc) is 3.69. The van der Waals surface area contributed by atoms with Crippen LogP contribution in [0.15, 0.2) is 67.0 Å². The lowest BCUT2D eigenvalue weighted by atomic mass is 9.77. The number of fused-ring (bicyclic) bond motifs is 1. The maximum atomic E-state index is 13.5. The van der Waals surface area contributed by atoms with Crippen molar-refractivity contribution in [1.82, 2.24) is 14.4 Å². The Balaban J connectivity index is 1.08. The van der Waals surface area contributed by atoms with E-state index < -0.39 is 0 Å². The van der Waals surface area contributed by atoms with Crippen molar-refractivity contribution < 1.29 is 19.1 Å². The fourth-order valence-corrected chi connectivity index (χ4v) is 6.51. The van der Waals surface area contributed by atoms with Crippen LogP contribution in [0.2, 0.25) is 0 Å². The zero-order valence-corrected chi connectivity index (χ0v) is 21.8. The molecular formula is C31H33N3O4. The topological polar surface area (TPSA) is 71.8 Å². The van der Waals surface area contributed by atoms with Gasteiger partial charge in [-0.15, -0.1) is 0 Å². The third-order valence-corrected chi connectivity index (χ3v) is 8.77. The molecule has 0 bridgehead atoms. The molecule has 3 heterocycles. The van der Waals surface area contributed by atoms with Crippen LogP contribution in [-0.4, -0.2) is 65.3 Å². The summed E-state index contributed by atoms with van der Waals surface area (Å²) in [7, 11) is 1.61. The maximum Gasteiger partial charge on any atom is 0.255 e. The van der Waals surface area contributed by atoms with Gasteiger partial charge in [0, 0.05) is 62.9 Å². The molecule has 6 rings (SSSR count). The van der Waals surface area contributed by atoms with E-state index in [0.29, 0.717) is 37.2 Å². The number of hydrogen-bond donors (Lipinski definition) is 0. The number of ether oxygens (including phenoxy) is 1. The highest BCUT2D eigenvalue weighted by molar-refractivity contribution is 6.02. The molecule has 0 saturated carbocycles. The smallest absolute Gasteiger partial charge is 0.255 e.